The van der Waals surface area contributed by atoms with Gasteiger partial charge >= 0.3 is 11.7 Å². The SMILES string of the molecule is CCCCc1ccc2c(c1)sc(=NC(=O)Cn1cnc3c1c(=O)n(C)c(=O)n3C)n2CC(=O)OC. The molecule has 35 heavy (non-hydrogen) atoms. The number of hydrogen-bond donors (Lipinski definition) is 0. The minimum absolute atomic E-state index is 0.0897. The van der Waals surface area contributed by atoms with E-state index in [1.807, 2.05) is 12.1 Å². The zero-order valence-electron chi connectivity index (χ0n) is 20.0. The summed E-state index contributed by atoms with van der Waals surface area (Å²) in [6.45, 7) is 1.79. The largest absolute Gasteiger partial charge is 0.468 e. The lowest BCUT2D eigenvalue weighted by Gasteiger charge is -2.06. The molecule has 12 heteroatoms. The molecule has 4 aromatic rings. The average Bonchev–Trinajstić information content (AvgIpc) is 3.40. The van der Waals surface area contributed by atoms with E-state index in [0.29, 0.717) is 4.80 Å². The highest BCUT2D eigenvalue weighted by atomic mass is 32.1. The summed E-state index contributed by atoms with van der Waals surface area (Å²) in [7, 11) is 4.19. The summed E-state index contributed by atoms with van der Waals surface area (Å²) in [4.78, 5) is 58.5. The molecule has 0 aliphatic heterocycles. The Morgan fingerprint density at radius 2 is 1.91 bits per heavy atom. The van der Waals surface area contributed by atoms with Gasteiger partial charge in [0.05, 0.1) is 23.7 Å². The van der Waals surface area contributed by atoms with E-state index in [4.69, 9.17) is 4.74 Å². The van der Waals surface area contributed by atoms with Crippen LogP contribution in [0, 0.1) is 0 Å². The standard InChI is InChI=1S/C23H26N6O5S/c1-5-6-7-14-8-9-15-16(10-14)35-22(29(15)12-18(31)34-4)25-17(30)11-28-13-24-20-19(28)21(32)27(3)23(33)26(20)2/h8-10,13H,5-7,11-12H2,1-4H3. The van der Waals surface area contributed by atoms with Gasteiger partial charge in [-0.05, 0) is 30.5 Å². The molecule has 0 fully saturated rings. The third-order valence-corrected chi connectivity index (χ3v) is 6.87. The molecule has 4 rings (SSSR count). The van der Waals surface area contributed by atoms with Gasteiger partial charge in [0.25, 0.3) is 11.5 Å². The number of aryl methyl sites for hydroxylation is 2. The number of fused-ring (bicyclic) bond motifs is 2. The number of nitrogens with zero attached hydrogens (tertiary/aromatic N) is 6. The molecule has 1 aromatic carbocycles. The van der Waals surface area contributed by atoms with Crippen LogP contribution >= 0.6 is 11.3 Å². The maximum absolute atomic E-state index is 12.9. The van der Waals surface area contributed by atoms with Gasteiger partial charge in [-0.2, -0.15) is 4.99 Å². The Morgan fingerprint density at radius 3 is 2.63 bits per heavy atom. The molecule has 11 nitrogen and oxygen atoms in total. The molecule has 0 aliphatic carbocycles. The number of benzene rings is 1. The number of amides is 1. The Morgan fingerprint density at radius 1 is 1.14 bits per heavy atom. The highest BCUT2D eigenvalue weighted by molar-refractivity contribution is 7.16. The molecule has 1 amide bonds. The molecule has 184 valence electrons. The van der Waals surface area contributed by atoms with Crippen LogP contribution in [0.15, 0.2) is 39.1 Å². The molecule has 0 unspecified atom stereocenters. The molecule has 0 radical (unpaired) electrons. The monoisotopic (exact) mass is 498 g/mol. The lowest BCUT2D eigenvalue weighted by atomic mass is 10.1. The first kappa shape index (κ1) is 24.3. The van der Waals surface area contributed by atoms with Crippen LogP contribution < -0.4 is 16.1 Å². The molecular weight excluding hydrogens is 472 g/mol. The quantitative estimate of drug-likeness (QED) is 0.352. The minimum Gasteiger partial charge on any atom is -0.468 e. The molecule has 0 saturated heterocycles. The number of esters is 1. The summed E-state index contributed by atoms with van der Waals surface area (Å²) in [5.74, 6) is -0.990. The summed E-state index contributed by atoms with van der Waals surface area (Å²) in [5.41, 5.74) is 1.23. The van der Waals surface area contributed by atoms with Crippen LogP contribution in [-0.4, -0.2) is 42.2 Å². The second-order valence-electron chi connectivity index (χ2n) is 8.21. The van der Waals surface area contributed by atoms with Gasteiger partial charge in [0, 0.05) is 14.1 Å². The van der Waals surface area contributed by atoms with Crippen molar-refractivity contribution in [1.29, 1.82) is 0 Å². The van der Waals surface area contributed by atoms with Crippen LogP contribution in [0.2, 0.25) is 0 Å². The highest BCUT2D eigenvalue weighted by Crippen LogP contribution is 2.20. The van der Waals surface area contributed by atoms with Gasteiger partial charge in [-0.25, -0.2) is 9.78 Å². The fourth-order valence-corrected chi connectivity index (χ4v) is 5.00. The molecule has 0 spiro atoms. The first-order valence-electron chi connectivity index (χ1n) is 11.1. The van der Waals surface area contributed by atoms with Gasteiger partial charge in [0.2, 0.25) is 0 Å². The number of carbonyl (C=O) groups excluding carboxylic acids is 2. The predicted molar refractivity (Wildman–Crippen MR) is 131 cm³/mol. The topological polar surface area (TPSA) is 122 Å². The van der Waals surface area contributed by atoms with E-state index >= 15 is 0 Å². The van der Waals surface area contributed by atoms with Gasteiger partial charge in [-0.15, -0.1) is 0 Å². The number of unbranched alkanes of at least 4 members (excludes halogenated alkanes) is 1. The fourth-order valence-electron chi connectivity index (χ4n) is 3.89. The number of aromatic nitrogens is 5. The predicted octanol–water partition coefficient (Wildman–Crippen LogP) is 1.09. The van der Waals surface area contributed by atoms with Crippen molar-refractivity contribution in [1.82, 2.24) is 23.3 Å². The van der Waals surface area contributed by atoms with Crippen LogP contribution in [0.1, 0.15) is 25.3 Å². The number of imidazole rings is 1. The second-order valence-corrected chi connectivity index (χ2v) is 9.22. The Bertz CT molecular complexity index is 1630. The van der Waals surface area contributed by atoms with Gasteiger partial charge in [-0.3, -0.25) is 23.5 Å². The van der Waals surface area contributed by atoms with Crippen LogP contribution in [0.3, 0.4) is 0 Å². The van der Waals surface area contributed by atoms with Crippen molar-refractivity contribution in [3.8, 4) is 0 Å². The molecule has 0 bridgehead atoms. The highest BCUT2D eigenvalue weighted by Gasteiger charge is 2.17. The van der Waals surface area contributed by atoms with E-state index in [-0.39, 0.29) is 24.3 Å². The number of carbonyl (C=O) groups is 2. The van der Waals surface area contributed by atoms with Crippen LogP contribution in [0.25, 0.3) is 21.4 Å². The summed E-state index contributed by atoms with van der Waals surface area (Å²) in [6.07, 6.45) is 4.43. The van der Waals surface area contributed by atoms with Gasteiger partial charge in [-0.1, -0.05) is 30.7 Å². The molecule has 0 atom stereocenters. The van der Waals surface area contributed by atoms with Crippen LogP contribution in [-0.2, 0) is 47.9 Å². The third kappa shape index (κ3) is 4.61. The van der Waals surface area contributed by atoms with Crippen LogP contribution in [0.5, 0.6) is 0 Å². The molecule has 0 aliphatic rings. The van der Waals surface area contributed by atoms with Crippen molar-refractivity contribution in [2.75, 3.05) is 7.11 Å². The Kier molecular flexibility index (Phi) is 6.83. The average molecular weight is 499 g/mol. The third-order valence-electron chi connectivity index (χ3n) is 5.82. The second kappa shape index (κ2) is 9.82. The Balaban J connectivity index is 1.76. The van der Waals surface area contributed by atoms with Crippen molar-refractivity contribution in [3.05, 3.63) is 55.7 Å². The zero-order valence-corrected chi connectivity index (χ0v) is 20.8. The Hall–Kier alpha value is -3.80. The van der Waals surface area contributed by atoms with Gasteiger partial charge in [0.15, 0.2) is 16.0 Å². The fraction of sp³-hybridized carbons (Fsp3) is 0.391. The van der Waals surface area contributed by atoms with E-state index in [2.05, 4.69) is 23.0 Å². The summed E-state index contributed by atoms with van der Waals surface area (Å²) < 4.78 is 11.0. The lowest BCUT2D eigenvalue weighted by molar-refractivity contribution is -0.141. The number of ether oxygens (including phenoxy) is 1. The minimum atomic E-state index is -0.546. The van der Waals surface area contributed by atoms with Crippen molar-refractivity contribution in [3.63, 3.8) is 0 Å². The normalized spacial score (nSPS) is 12.1. The molecular formula is C23H26N6O5S. The van der Waals surface area contributed by atoms with Gasteiger partial charge in [0.1, 0.15) is 13.1 Å². The number of rotatable bonds is 7. The maximum atomic E-state index is 12.9. The van der Waals surface area contributed by atoms with Crippen molar-refractivity contribution in [2.45, 2.75) is 39.3 Å². The first-order chi connectivity index (χ1) is 16.7. The van der Waals surface area contributed by atoms with Crippen molar-refractivity contribution in [2.24, 2.45) is 19.1 Å². The van der Waals surface area contributed by atoms with Crippen LogP contribution in [0.4, 0.5) is 0 Å². The zero-order chi connectivity index (χ0) is 25.3. The first-order valence-corrected chi connectivity index (χ1v) is 11.9. The molecule has 0 saturated carbocycles. The Labute approximate surface area is 203 Å². The number of thiazole rings is 1. The molecule has 3 aromatic heterocycles. The van der Waals surface area contributed by atoms with E-state index < -0.39 is 23.1 Å². The van der Waals surface area contributed by atoms with E-state index in [0.717, 1.165) is 34.0 Å². The summed E-state index contributed by atoms with van der Waals surface area (Å²) in [6, 6.07) is 6.00. The summed E-state index contributed by atoms with van der Waals surface area (Å²) >= 11 is 1.31. The van der Waals surface area contributed by atoms with Crippen molar-refractivity contribution >= 4 is 44.6 Å². The number of hydrogen-bond acceptors (Lipinski definition) is 7. The van der Waals surface area contributed by atoms with E-state index in [9.17, 15) is 19.2 Å². The molecule has 3 heterocycles. The lowest BCUT2D eigenvalue weighted by Crippen LogP contribution is -2.37. The van der Waals surface area contributed by atoms with E-state index in [1.54, 1.807) is 4.57 Å². The van der Waals surface area contributed by atoms with Gasteiger partial charge < -0.3 is 13.9 Å². The number of methoxy groups -OCH3 is 1. The smallest absolute Gasteiger partial charge is 0.332 e. The van der Waals surface area contributed by atoms with E-state index in [1.165, 1.54) is 53.6 Å². The van der Waals surface area contributed by atoms with Crippen molar-refractivity contribution < 1.29 is 14.3 Å². The summed E-state index contributed by atoms with van der Waals surface area (Å²) in [5, 5.41) is 0. The molecule has 0 N–H and O–H groups in total. The maximum Gasteiger partial charge on any atom is 0.332 e.